The van der Waals surface area contributed by atoms with Crippen molar-refractivity contribution in [3.8, 4) is 0 Å². The van der Waals surface area contributed by atoms with E-state index in [1.807, 2.05) is 44.2 Å². The molecule has 0 radical (unpaired) electrons. The molecule has 1 aromatic carbocycles. The molecule has 0 amide bonds. The van der Waals surface area contributed by atoms with E-state index in [0.717, 1.165) is 5.56 Å². The summed E-state index contributed by atoms with van der Waals surface area (Å²) >= 11 is 0. The van der Waals surface area contributed by atoms with Gasteiger partial charge in [0.25, 0.3) is 0 Å². The largest absolute Gasteiger partial charge is 0.457 e. The van der Waals surface area contributed by atoms with Gasteiger partial charge in [-0.05, 0) is 19.4 Å². The minimum absolute atomic E-state index is 0.215. The Hall–Kier alpha value is -1.43. The lowest BCUT2D eigenvalue weighted by Gasteiger charge is -2.43. The topological polar surface area (TPSA) is 54.0 Å². The summed E-state index contributed by atoms with van der Waals surface area (Å²) in [7, 11) is 0. The molecule has 5 nitrogen and oxygen atoms in total. The normalized spacial score (nSPS) is 40.5. The minimum atomic E-state index is -0.741. The lowest BCUT2D eigenvalue weighted by Crippen LogP contribution is -2.51. The predicted molar refractivity (Wildman–Crippen MR) is 72.4 cm³/mol. The quantitative estimate of drug-likeness (QED) is 0.740. The summed E-state index contributed by atoms with van der Waals surface area (Å²) in [6, 6.07) is 9.97. The molecule has 3 aliphatic heterocycles. The number of esters is 1. The van der Waals surface area contributed by atoms with Crippen LogP contribution in [0.3, 0.4) is 0 Å². The van der Waals surface area contributed by atoms with Gasteiger partial charge in [-0.1, -0.05) is 30.3 Å². The summed E-state index contributed by atoms with van der Waals surface area (Å²) in [6.07, 6.45) is -1.00. The lowest BCUT2D eigenvalue weighted by molar-refractivity contribution is -0.331. The monoisotopic (exact) mass is 290 g/mol. The Balaban J connectivity index is 1.68. The summed E-state index contributed by atoms with van der Waals surface area (Å²) in [5.41, 5.74) is 1.05. The van der Waals surface area contributed by atoms with Gasteiger partial charge in [-0.2, -0.15) is 0 Å². The third-order valence-corrected chi connectivity index (χ3v) is 4.24. The van der Waals surface area contributed by atoms with Crippen LogP contribution in [-0.4, -0.2) is 36.2 Å². The van der Waals surface area contributed by atoms with Crippen molar-refractivity contribution in [2.45, 2.75) is 56.6 Å². The number of fused-ring (bicyclic) bond motifs is 3. The van der Waals surface area contributed by atoms with Gasteiger partial charge in [-0.25, -0.2) is 0 Å². The molecule has 4 rings (SSSR count). The number of hydrogen-bond acceptors (Lipinski definition) is 5. The van der Waals surface area contributed by atoms with Gasteiger partial charge in [0, 0.05) is 0 Å². The number of carbonyl (C=O) groups excluding carboxylic acids is 1. The van der Waals surface area contributed by atoms with Crippen LogP contribution in [-0.2, 0) is 23.7 Å². The van der Waals surface area contributed by atoms with Gasteiger partial charge in [0.1, 0.15) is 24.4 Å². The van der Waals surface area contributed by atoms with E-state index in [4.69, 9.17) is 18.9 Å². The molecule has 0 aromatic heterocycles. The SMILES string of the molecule is CC1(C)O[C@@H]2[C@H]3OC(=O)C[C@H]3O[C@@H]2[C@@H](c2ccccc2)O1. The molecule has 3 heterocycles. The van der Waals surface area contributed by atoms with Gasteiger partial charge >= 0.3 is 5.97 Å². The van der Waals surface area contributed by atoms with Gasteiger partial charge in [-0.3, -0.25) is 4.79 Å². The molecule has 3 saturated heterocycles. The highest BCUT2D eigenvalue weighted by Crippen LogP contribution is 2.46. The Morgan fingerprint density at radius 2 is 1.81 bits per heavy atom. The predicted octanol–water partition coefficient (Wildman–Crippen LogP) is 1.96. The highest BCUT2D eigenvalue weighted by Gasteiger charge is 2.59. The second kappa shape index (κ2) is 4.53. The van der Waals surface area contributed by atoms with Crippen molar-refractivity contribution < 1.29 is 23.7 Å². The molecule has 21 heavy (non-hydrogen) atoms. The average Bonchev–Trinajstić information content (AvgIpc) is 2.95. The lowest BCUT2D eigenvalue weighted by atomic mass is 9.96. The maximum atomic E-state index is 11.5. The van der Waals surface area contributed by atoms with Crippen molar-refractivity contribution in [2.24, 2.45) is 0 Å². The number of ether oxygens (including phenoxy) is 4. The molecule has 0 spiro atoms. The number of carbonyl (C=O) groups is 1. The zero-order chi connectivity index (χ0) is 14.6. The maximum Gasteiger partial charge on any atom is 0.309 e. The van der Waals surface area contributed by atoms with E-state index in [-0.39, 0.29) is 36.5 Å². The molecule has 5 atom stereocenters. The zero-order valence-electron chi connectivity index (χ0n) is 12.0. The first kappa shape index (κ1) is 13.2. The first-order valence-electron chi connectivity index (χ1n) is 7.29. The van der Waals surface area contributed by atoms with Gasteiger partial charge in [0.2, 0.25) is 0 Å². The third kappa shape index (κ3) is 2.16. The summed E-state index contributed by atoms with van der Waals surface area (Å²) < 4.78 is 23.5. The fourth-order valence-corrected chi connectivity index (χ4v) is 3.43. The molecule has 0 unspecified atom stereocenters. The molecule has 0 bridgehead atoms. The van der Waals surface area contributed by atoms with Gasteiger partial charge in [0.15, 0.2) is 11.9 Å². The van der Waals surface area contributed by atoms with E-state index in [0.29, 0.717) is 6.42 Å². The highest BCUT2D eigenvalue weighted by molar-refractivity contribution is 5.73. The number of benzene rings is 1. The minimum Gasteiger partial charge on any atom is -0.457 e. The van der Waals surface area contributed by atoms with E-state index in [1.54, 1.807) is 0 Å². The average molecular weight is 290 g/mol. The second-order valence-corrected chi connectivity index (χ2v) is 6.23. The van der Waals surface area contributed by atoms with E-state index >= 15 is 0 Å². The molecule has 112 valence electrons. The molecular formula is C16H18O5. The van der Waals surface area contributed by atoms with Crippen LogP contribution in [0.2, 0.25) is 0 Å². The summed E-state index contributed by atoms with van der Waals surface area (Å²) in [5.74, 6) is -0.956. The second-order valence-electron chi connectivity index (χ2n) is 6.23. The van der Waals surface area contributed by atoms with E-state index in [1.165, 1.54) is 0 Å². The van der Waals surface area contributed by atoms with Crippen LogP contribution in [0.4, 0.5) is 0 Å². The molecule has 0 aliphatic carbocycles. The first-order valence-corrected chi connectivity index (χ1v) is 7.29. The first-order chi connectivity index (χ1) is 10.0. The maximum absolute atomic E-state index is 11.5. The van der Waals surface area contributed by atoms with Crippen molar-refractivity contribution in [1.29, 1.82) is 0 Å². The fourth-order valence-electron chi connectivity index (χ4n) is 3.43. The van der Waals surface area contributed by atoms with E-state index in [9.17, 15) is 4.79 Å². The summed E-state index contributed by atoms with van der Waals surface area (Å²) in [6.45, 7) is 3.76. The van der Waals surface area contributed by atoms with Crippen LogP contribution in [0.15, 0.2) is 30.3 Å². The molecule has 0 saturated carbocycles. The Bertz CT molecular complexity index is 555. The van der Waals surface area contributed by atoms with Crippen LogP contribution < -0.4 is 0 Å². The molecular weight excluding hydrogens is 272 g/mol. The number of rotatable bonds is 1. The third-order valence-electron chi connectivity index (χ3n) is 4.24. The number of hydrogen-bond donors (Lipinski definition) is 0. The molecule has 0 N–H and O–H groups in total. The molecule has 3 fully saturated rings. The van der Waals surface area contributed by atoms with Crippen LogP contribution >= 0.6 is 0 Å². The standard InChI is InChI=1S/C16H18O5/c1-16(2)20-12(9-6-4-3-5-7-9)14-15(21-16)13-10(18-14)8-11(17)19-13/h3-7,10,12-15H,8H2,1-2H3/t10-,12-,13+,14-,15-/m1/s1. The smallest absolute Gasteiger partial charge is 0.309 e. The van der Waals surface area contributed by atoms with Crippen molar-refractivity contribution in [3.05, 3.63) is 35.9 Å². The van der Waals surface area contributed by atoms with Gasteiger partial charge in [-0.15, -0.1) is 0 Å². The zero-order valence-corrected chi connectivity index (χ0v) is 12.0. The summed E-state index contributed by atoms with van der Waals surface area (Å²) in [4.78, 5) is 11.5. The van der Waals surface area contributed by atoms with Gasteiger partial charge in [0.05, 0.1) is 6.42 Å². The summed E-state index contributed by atoms with van der Waals surface area (Å²) in [5, 5.41) is 0. The van der Waals surface area contributed by atoms with E-state index in [2.05, 4.69) is 0 Å². The van der Waals surface area contributed by atoms with Crippen molar-refractivity contribution >= 4 is 5.97 Å². The Labute approximate surface area is 123 Å². The van der Waals surface area contributed by atoms with Crippen LogP contribution in [0.1, 0.15) is 31.9 Å². The Morgan fingerprint density at radius 3 is 2.57 bits per heavy atom. The van der Waals surface area contributed by atoms with Crippen molar-refractivity contribution in [1.82, 2.24) is 0 Å². The van der Waals surface area contributed by atoms with Gasteiger partial charge < -0.3 is 18.9 Å². The van der Waals surface area contributed by atoms with Crippen LogP contribution in [0.25, 0.3) is 0 Å². The Morgan fingerprint density at radius 1 is 1.05 bits per heavy atom. The fraction of sp³-hybridized carbons (Fsp3) is 0.562. The van der Waals surface area contributed by atoms with Crippen molar-refractivity contribution in [3.63, 3.8) is 0 Å². The van der Waals surface area contributed by atoms with Crippen LogP contribution in [0, 0.1) is 0 Å². The van der Waals surface area contributed by atoms with Crippen LogP contribution in [0.5, 0.6) is 0 Å². The molecule has 5 heteroatoms. The molecule has 3 aliphatic rings. The van der Waals surface area contributed by atoms with E-state index < -0.39 is 5.79 Å². The molecule has 1 aromatic rings. The van der Waals surface area contributed by atoms with Crippen molar-refractivity contribution in [2.75, 3.05) is 0 Å². The highest BCUT2D eigenvalue weighted by atomic mass is 16.8. The Kier molecular flexibility index (Phi) is 2.86.